The van der Waals surface area contributed by atoms with E-state index in [1.807, 2.05) is 12.1 Å². The van der Waals surface area contributed by atoms with Crippen LogP contribution in [0, 0.1) is 0 Å². The molecule has 3 N–H and O–H groups in total. The van der Waals surface area contributed by atoms with Crippen LogP contribution in [0.4, 0.5) is 10.5 Å². The van der Waals surface area contributed by atoms with Crippen molar-refractivity contribution < 1.29 is 14.7 Å². The third kappa shape index (κ3) is 3.44. The zero-order chi connectivity index (χ0) is 14.5. The summed E-state index contributed by atoms with van der Waals surface area (Å²) in [5.74, 6) is -0.952. The van der Waals surface area contributed by atoms with Gasteiger partial charge in [-0.2, -0.15) is 0 Å². The molecule has 1 aromatic carbocycles. The molecule has 0 saturated heterocycles. The number of benzene rings is 1. The van der Waals surface area contributed by atoms with E-state index in [0.717, 1.165) is 10.9 Å². The summed E-state index contributed by atoms with van der Waals surface area (Å²) in [7, 11) is 0. The largest absolute Gasteiger partial charge is 0.481 e. The number of carboxylic acids is 1. The average Bonchev–Trinajstić information content (AvgIpc) is 2.38. The van der Waals surface area contributed by atoms with Gasteiger partial charge in [-0.15, -0.1) is 0 Å². The Labute approximate surface area is 115 Å². The predicted octanol–water partition coefficient (Wildman–Crippen LogP) is 2.22. The van der Waals surface area contributed by atoms with Crippen molar-refractivity contribution in [3.05, 3.63) is 36.5 Å². The van der Waals surface area contributed by atoms with E-state index in [4.69, 9.17) is 5.11 Å². The molecule has 20 heavy (non-hydrogen) atoms. The fraction of sp³-hybridized carbons (Fsp3) is 0.214. The molecule has 1 atom stereocenters. The van der Waals surface area contributed by atoms with Crippen LogP contribution in [0.3, 0.4) is 0 Å². The maximum absolute atomic E-state index is 11.8. The first kappa shape index (κ1) is 13.8. The fourth-order valence-electron chi connectivity index (χ4n) is 1.91. The standard InChI is InChI=1S/C14H15N3O3/c1-9(8-13(18)19)16-14(20)17-12-6-2-5-11-10(12)4-3-7-15-11/h2-7,9H,8H2,1H3,(H,18,19)(H2,16,17,20). The number of carbonyl (C=O) groups is 2. The Hall–Kier alpha value is -2.63. The number of rotatable bonds is 4. The quantitative estimate of drug-likeness (QED) is 0.796. The molecule has 1 unspecified atom stereocenters. The second kappa shape index (κ2) is 6.01. The predicted molar refractivity (Wildman–Crippen MR) is 75.6 cm³/mol. The molecule has 0 radical (unpaired) electrons. The molecule has 6 heteroatoms. The monoisotopic (exact) mass is 273 g/mol. The molecule has 6 nitrogen and oxygen atoms in total. The number of hydrogen-bond acceptors (Lipinski definition) is 3. The first-order valence-corrected chi connectivity index (χ1v) is 6.19. The van der Waals surface area contributed by atoms with Crippen molar-refractivity contribution in [2.75, 3.05) is 5.32 Å². The summed E-state index contributed by atoms with van der Waals surface area (Å²) < 4.78 is 0. The van der Waals surface area contributed by atoms with E-state index in [1.54, 1.807) is 31.3 Å². The van der Waals surface area contributed by atoms with E-state index in [1.165, 1.54) is 0 Å². The van der Waals surface area contributed by atoms with Crippen molar-refractivity contribution in [2.45, 2.75) is 19.4 Å². The third-order valence-corrected chi connectivity index (χ3v) is 2.75. The minimum Gasteiger partial charge on any atom is -0.481 e. The topological polar surface area (TPSA) is 91.3 Å². The summed E-state index contributed by atoms with van der Waals surface area (Å²) >= 11 is 0. The molecule has 0 aliphatic rings. The molecule has 0 aliphatic carbocycles. The van der Waals surface area contributed by atoms with Crippen LogP contribution in [-0.2, 0) is 4.79 Å². The molecule has 2 aromatic rings. The van der Waals surface area contributed by atoms with Crippen LogP contribution in [0.5, 0.6) is 0 Å². The van der Waals surface area contributed by atoms with Gasteiger partial charge in [0.1, 0.15) is 0 Å². The first-order chi connectivity index (χ1) is 9.56. The Balaban J connectivity index is 2.08. The Morgan fingerprint density at radius 3 is 2.85 bits per heavy atom. The molecular weight excluding hydrogens is 258 g/mol. The average molecular weight is 273 g/mol. The second-order valence-electron chi connectivity index (χ2n) is 4.47. The SMILES string of the molecule is CC(CC(=O)O)NC(=O)Nc1cccc2ncccc12. The molecule has 104 valence electrons. The van der Waals surface area contributed by atoms with Crippen LogP contribution >= 0.6 is 0 Å². The number of amides is 2. The molecule has 0 fully saturated rings. The van der Waals surface area contributed by atoms with Gasteiger partial charge in [0, 0.05) is 17.6 Å². The fourth-order valence-corrected chi connectivity index (χ4v) is 1.91. The van der Waals surface area contributed by atoms with E-state index in [-0.39, 0.29) is 6.42 Å². The summed E-state index contributed by atoms with van der Waals surface area (Å²) in [6, 6.07) is 8.19. The molecule has 1 heterocycles. The minimum atomic E-state index is -0.952. The maximum Gasteiger partial charge on any atom is 0.319 e. The van der Waals surface area contributed by atoms with Crippen LogP contribution < -0.4 is 10.6 Å². The molecule has 1 aromatic heterocycles. The van der Waals surface area contributed by atoms with E-state index in [0.29, 0.717) is 5.69 Å². The Morgan fingerprint density at radius 1 is 1.30 bits per heavy atom. The van der Waals surface area contributed by atoms with Gasteiger partial charge in [-0.25, -0.2) is 4.79 Å². The maximum atomic E-state index is 11.8. The number of pyridine rings is 1. The number of fused-ring (bicyclic) bond motifs is 1. The number of anilines is 1. The number of carboxylic acid groups (broad SMARTS) is 1. The first-order valence-electron chi connectivity index (χ1n) is 6.19. The highest BCUT2D eigenvalue weighted by Gasteiger charge is 2.11. The van der Waals surface area contributed by atoms with Gasteiger partial charge in [-0.05, 0) is 31.2 Å². The van der Waals surface area contributed by atoms with Crippen LogP contribution in [0.2, 0.25) is 0 Å². The molecule has 0 spiro atoms. The zero-order valence-corrected chi connectivity index (χ0v) is 11.0. The van der Waals surface area contributed by atoms with Crippen LogP contribution in [0.15, 0.2) is 36.5 Å². The zero-order valence-electron chi connectivity index (χ0n) is 11.0. The number of carbonyl (C=O) groups excluding carboxylic acids is 1. The Morgan fingerprint density at radius 2 is 2.10 bits per heavy atom. The van der Waals surface area contributed by atoms with Gasteiger partial charge in [-0.1, -0.05) is 6.07 Å². The van der Waals surface area contributed by atoms with E-state index < -0.39 is 18.0 Å². The smallest absolute Gasteiger partial charge is 0.319 e. The molecule has 2 amide bonds. The molecule has 0 bridgehead atoms. The number of hydrogen-bond donors (Lipinski definition) is 3. The normalized spacial score (nSPS) is 11.8. The summed E-state index contributed by atoms with van der Waals surface area (Å²) in [5, 5.41) is 14.8. The lowest BCUT2D eigenvalue weighted by Gasteiger charge is -2.13. The van der Waals surface area contributed by atoms with E-state index in [9.17, 15) is 9.59 Å². The van der Waals surface area contributed by atoms with Crippen molar-refractivity contribution in [1.82, 2.24) is 10.3 Å². The van der Waals surface area contributed by atoms with Gasteiger partial charge in [0.25, 0.3) is 0 Å². The second-order valence-corrected chi connectivity index (χ2v) is 4.47. The number of urea groups is 1. The van der Waals surface area contributed by atoms with Crippen molar-refractivity contribution in [2.24, 2.45) is 0 Å². The van der Waals surface area contributed by atoms with Crippen molar-refractivity contribution in [3.8, 4) is 0 Å². The van der Waals surface area contributed by atoms with Gasteiger partial charge >= 0.3 is 12.0 Å². The summed E-state index contributed by atoms with van der Waals surface area (Å²) in [4.78, 5) is 26.6. The highest BCUT2D eigenvalue weighted by molar-refractivity contribution is 6.00. The van der Waals surface area contributed by atoms with E-state index in [2.05, 4.69) is 15.6 Å². The van der Waals surface area contributed by atoms with E-state index >= 15 is 0 Å². The number of nitrogens with zero attached hydrogens (tertiary/aromatic N) is 1. The number of aliphatic carboxylic acids is 1. The lowest BCUT2D eigenvalue weighted by Crippen LogP contribution is -2.37. The van der Waals surface area contributed by atoms with Gasteiger partial charge in [0.05, 0.1) is 17.6 Å². The lowest BCUT2D eigenvalue weighted by molar-refractivity contribution is -0.137. The number of aromatic nitrogens is 1. The highest BCUT2D eigenvalue weighted by Crippen LogP contribution is 2.20. The molecule has 0 aliphatic heterocycles. The lowest BCUT2D eigenvalue weighted by atomic mass is 10.2. The molecule has 2 rings (SSSR count). The summed E-state index contributed by atoms with van der Waals surface area (Å²) in [6.07, 6.45) is 1.56. The van der Waals surface area contributed by atoms with Crippen LogP contribution in [0.1, 0.15) is 13.3 Å². The molecular formula is C14H15N3O3. The van der Waals surface area contributed by atoms with Gasteiger partial charge < -0.3 is 15.7 Å². The van der Waals surface area contributed by atoms with Crippen molar-refractivity contribution in [3.63, 3.8) is 0 Å². The van der Waals surface area contributed by atoms with Crippen molar-refractivity contribution >= 4 is 28.6 Å². The Kier molecular flexibility index (Phi) is 4.14. The van der Waals surface area contributed by atoms with Crippen LogP contribution in [0.25, 0.3) is 10.9 Å². The molecule has 0 saturated carbocycles. The summed E-state index contributed by atoms with van der Waals surface area (Å²) in [6.45, 7) is 1.64. The Bertz CT molecular complexity index is 637. The van der Waals surface area contributed by atoms with Gasteiger partial charge in [0.15, 0.2) is 0 Å². The minimum absolute atomic E-state index is 0.121. The highest BCUT2D eigenvalue weighted by atomic mass is 16.4. The summed E-state index contributed by atoms with van der Waals surface area (Å²) in [5.41, 5.74) is 1.42. The third-order valence-electron chi connectivity index (χ3n) is 2.75. The van der Waals surface area contributed by atoms with Gasteiger partial charge in [0.2, 0.25) is 0 Å². The van der Waals surface area contributed by atoms with Crippen molar-refractivity contribution in [1.29, 1.82) is 0 Å². The number of nitrogens with one attached hydrogen (secondary N) is 2. The van der Waals surface area contributed by atoms with Crippen LogP contribution in [-0.4, -0.2) is 28.1 Å². The van der Waals surface area contributed by atoms with Gasteiger partial charge in [-0.3, -0.25) is 9.78 Å².